The van der Waals surface area contributed by atoms with Crippen LogP contribution in [0.15, 0.2) is 6.07 Å². The van der Waals surface area contributed by atoms with Gasteiger partial charge in [-0.05, 0) is 25.8 Å². The van der Waals surface area contributed by atoms with Gasteiger partial charge in [0, 0.05) is 17.2 Å². The molecule has 0 aliphatic heterocycles. The van der Waals surface area contributed by atoms with Gasteiger partial charge >= 0.3 is 0 Å². The Labute approximate surface area is 125 Å². The number of nitrogens with one attached hydrogen (secondary N) is 1. The van der Waals surface area contributed by atoms with Crippen molar-refractivity contribution in [3.8, 4) is 5.82 Å². The predicted octanol–water partition coefficient (Wildman–Crippen LogP) is 2.50. The van der Waals surface area contributed by atoms with E-state index in [0.29, 0.717) is 5.82 Å². The summed E-state index contributed by atoms with van der Waals surface area (Å²) in [5, 5.41) is 4.66. The van der Waals surface area contributed by atoms with Crippen LogP contribution in [0.25, 0.3) is 5.82 Å². The van der Waals surface area contributed by atoms with Crippen molar-refractivity contribution in [3.63, 3.8) is 0 Å². The molecule has 6 heteroatoms. The van der Waals surface area contributed by atoms with Crippen molar-refractivity contribution in [2.24, 2.45) is 5.84 Å². The molecule has 0 saturated carbocycles. The molecular formula is C15H24N6. The van der Waals surface area contributed by atoms with Gasteiger partial charge in [-0.1, -0.05) is 27.7 Å². The number of aryl methyl sites for hydroxylation is 2. The second-order valence-corrected chi connectivity index (χ2v) is 5.42. The third-order valence-corrected chi connectivity index (χ3v) is 3.55. The highest BCUT2D eigenvalue weighted by Gasteiger charge is 2.17. The van der Waals surface area contributed by atoms with Gasteiger partial charge in [0.1, 0.15) is 11.6 Å². The van der Waals surface area contributed by atoms with Crippen LogP contribution in [0.4, 0.5) is 5.82 Å². The Morgan fingerprint density at radius 3 is 2.48 bits per heavy atom. The number of rotatable bonds is 5. The van der Waals surface area contributed by atoms with Crippen molar-refractivity contribution < 1.29 is 0 Å². The van der Waals surface area contributed by atoms with E-state index < -0.39 is 0 Å². The van der Waals surface area contributed by atoms with Crippen LogP contribution in [0.3, 0.4) is 0 Å². The molecule has 6 nitrogen and oxygen atoms in total. The highest BCUT2D eigenvalue weighted by atomic mass is 15.3. The summed E-state index contributed by atoms with van der Waals surface area (Å²) >= 11 is 0. The SMILES string of the molecule is CCc1cc(CC)n(-c2nc(C(C)C)nc(NN)c2C)n1. The van der Waals surface area contributed by atoms with Crippen LogP contribution in [0.1, 0.15) is 56.4 Å². The van der Waals surface area contributed by atoms with Crippen molar-refractivity contribution >= 4 is 5.82 Å². The van der Waals surface area contributed by atoms with Gasteiger partial charge in [0.05, 0.1) is 5.69 Å². The monoisotopic (exact) mass is 288 g/mol. The van der Waals surface area contributed by atoms with Crippen LogP contribution in [0, 0.1) is 6.92 Å². The molecule has 0 bridgehead atoms. The van der Waals surface area contributed by atoms with Crippen molar-refractivity contribution in [3.05, 3.63) is 28.8 Å². The average molecular weight is 288 g/mol. The maximum absolute atomic E-state index is 5.60. The lowest BCUT2D eigenvalue weighted by atomic mass is 10.2. The van der Waals surface area contributed by atoms with Gasteiger partial charge in [0.15, 0.2) is 5.82 Å². The Kier molecular flexibility index (Phi) is 4.57. The summed E-state index contributed by atoms with van der Waals surface area (Å²) in [6, 6.07) is 2.13. The first-order chi connectivity index (χ1) is 10.0. The summed E-state index contributed by atoms with van der Waals surface area (Å²) in [6.07, 6.45) is 1.81. The molecule has 3 N–H and O–H groups in total. The fourth-order valence-electron chi connectivity index (χ4n) is 2.21. The van der Waals surface area contributed by atoms with Crippen LogP contribution >= 0.6 is 0 Å². The lowest BCUT2D eigenvalue weighted by molar-refractivity contribution is 0.719. The number of aromatic nitrogens is 4. The van der Waals surface area contributed by atoms with E-state index >= 15 is 0 Å². The first kappa shape index (κ1) is 15.4. The number of anilines is 1. The Morgan fingerprint density at radius 2 is 1.95 bits per heavy atom. The number of nitrogen functional groups attached to an aromatic ring is 1. The molecule has 0 aliphatic rings. The number of hydrogen-bond donors (Lipinski definition) is 2. The number of nitrogens with zero attached hydrogens (tertiary/aromatic N) is 4. The minimum absolute atomic E-state index is 0.225. The van der Waals surface area contributed by atoms with Crippen LogP contribution in [-0.2, 0) is 12.8 Å². The van der Waals surface area contributed by atoms with Crippen molar-refractivity contribution in [1.82, 2.24) is 19.7 Å². The quantitative estimate of drug-likeness (QED) is 0.652. The molecule has 21 heavy (non-hydrogen) atoms. The molecule has 2 aromatic heterocycles. The zero-order chi connectivity index (χ0) is 15.6. The molecule has 0 atom stereocenters. The van der Waals surface area contributed by atoms with E-state index in [1.807, 2.05) is 11.6 Å². The Hall–Kier alpha value is -1.95. The van der Waals surface area contributed by atoms with Gasteiger partial charge in [-0.3, -0.25) is 0 Å². The minimum atomic E-state index is 0.225. The molecule has 0 spiro atoms. The van der Waals surface area contributed by atoms with Gasteiger partial charge in [-0.15, -0.1) is 0 Å². The molecule has 2 aromatic rings. The van der Waals surface area contributed by atoms with Crippen LogP contribution in [0.2, 0.25) is 0 Å². The lowest BCUT2D eigenvalue weighted by Crippen LogP contribution is -2.17. The van der Waals surface area contributed by atoms with E-state index in [-0.39, 0.29) is 5.92 Å². The molecule has 0 unspecified atom stereocenters. The summed E-state index contributed by atoms with van der Waals surface area (Å²) in [5.41, 5.74) is 5.78. The Morgan fingerprint density at radius 1 is 1.24 bits per heavy atom. The molecule has 0 radical (unpaired) electrons. The minimum Gasteiger partial charge on any atom is -0.308 e. The first-order valence-corrected chi connectivity index (χ1v) is 7.45. The van der Waals surface area contributed by atoms with Gasteiger partial charge in [0.25, 0.3) is 0 Å². The molecule has 0 amide bonds. The van der Waals surface area contributed by atoms with Gasteiger partial charge < -0.3 is 5.43 Å². The number of hydrogen-bond acceptors (Lipinski definition) is 5. The summed E-state index contributed by atoms with van der Waals surface area (Å²) in [7, 11) is 0. The average Bonchev–Trinajstić information content (AvgIpc) is 2.90. The fourth-order valence-corrected chi connectivity index (χ4v) is 2.21. The molecule has 114 valence electrons. The summed E-state index contributed by atoms with van der Waals surface area (Å²) in [4.78, 5) is 9.17. The Bertz CT molecular complexity index is 629. The predicted molar refractivity (Wildman–Crippen MR) is 84.5 cm³/mol. The number of hydrazine groups is 1. The van der Waals surface area contributed by atoms with Gasteiger partial charge in [0.2, 0.25) is 0 Å². The highest BCUT2D eigenvalue weighted by molar-refractivity contribution is 5.51. The summed E-state index contributed by atoms with van der Waals surface area (Å²) in [5.74, 6) is 8.04. The number of nitrogens with two attached hydrogens (primary N) is 1. The molecule has 0 aliphatic carbocycles. The van der Waals surface area contributed by atoms with Crippen LogP contribution in [0.5, 0.6) is 0 Å². The van der Waals surface area contributed by atoms with Crippen molar-refractivity contribution in [2.75, 3.05) is 5.43 Å². The van der Waals surface area contributed by atoms with Crippen molar-refractivity contribution in [2.45, 2.75) is 53.4 Å². The standard InChI is InChI=1S/C15H24N6/c1-6-11-8-12(7-2)21(20-11)15-10(5)14(19-16)17-13(18-15)9(3)4/h8-9H,6-7,16H2,1-5H3,(H,17,18,19). The van der Waals surface area contributed by atoms with E-state index in [4.69, 9.17) is 10.8 Å². The van der Waals surface area contributed by atoms with Crippen LogP contribution in [-0.4, -0.2) is 19.7 Å². The largest absolute Gasteiger partial charge is 0.308 e. The maximum Gasteiger partial charge on any atom is 0.162 e. The topological polar surface area (TPSA) is 81.7 Å². The lowest BCUT2D eigenvalue weighted by Gasteiger charge is -2.15. The van der Waals surface area contributed by atoms with Crippen molar-refractivity contribution in [1.29, 1.82) is 0 Å². The highest BCUT2D eigenvalue weighted by Crippen LogP contribution is 2.23. The third kappa shape index (κ3) is 2.90. The summed E-state index contributed by atoms with van der Waals surface area (Å²) < 4.78 is 1.92. The fraction of sp³-hybridized carbons (Fsp3) is 0.533. The van der Waals surface area contributed by atoms with E-state index in [2.05, 4.69) is 49.3 Å². The second kappa shape index (κ2) is 6.22. The molecule has 2 rings (SSSR count). The van der Waals surface area contributed by atoms with Crippen LogP contribution < -0.4 is 11.3 Å². The third-order valence-electron chi connectivity index (χ3n) is 3.55. The smallest absolute Gasteiger partial charge is 0.162 e. The molecular weight excluding hydrogens is 264 g/mol. The maximum atomic E-state index is 5.60. The van der Waals surface area contributed by atoms with E-state index in [9.17, 15) is 0 Å². The van der Waals surface area contributed by atoms with Gasteiger partial charge in [-0.2, -0.15) is 5.10 Å². The summed E-state index contributed by atoms with van der Waals surface area (Å²) in [6.45, 7) is 10.3. The molecule has 2 heterocycles. The van der Waals surface area contributed by atoms with E-state index in [1.54, 1.807) is 0 Å². The molecule has 0 fully saturated rings. The van der Waals surface area contributed by atoms with E-state index in [0.717, 1.165) is 41.4 Å². The zero-order valence-electron chi connectivity index (χ0n) is 13.4. The zero-order valence-corrected chi connectivity index (χ0v) is 13.4. The second-order valence-electron chi connectivity index (χ2n) is 5.42. The molecule has 0 aromatic carbocycles. The normalized spacial score (nSPS) is 11.2. The van der Waals surface area contributed by atoms with Gasteiger partial charge in [-0.25, -0.2) is 20.5 Å². The first-order valence-electron chi connectivity index (χ1n) is 7.45. The Balaban J connectivity index is 2.67. The van der Waals surface area contributed by atoms with E-state index in [1.165, 1.54) is 0 Å². The molecule has 0 saturated heterocycles.